The van der Waals surface area contributed by atoms with E-state index in [1.54, 1.807) is 0 Å². The van der Waals surface area contributed by atoms with Gasteiger partial charge in [-0.05, 0) is 36.5 Å². The molecule has 1 aromatic rings. The lowest BCUT2D eigenvalue weighted by molar-refractivity contribution is 0.664. The molecule has 1 fully saturated rings. The molecule has 0 unspecified atom stereocenters. The van der Waals surface area contributed by atoms with Crippen molar-refractivity contribution in [3.63, 3.8) is 0 Å². The minimum absolute atomic E-state index is 0.635. The van der Waals surface area contributed by atoms with Gasteiger partial charge in [0.15, 0.2) is 0 Å². The second-order valence-corrected chi connectivity index (χ2v) is 4.47. The smallest absolute Gasteiger partial charge is 0.126 e. The van der Waals surface area contributed by atoms with E-state index in [2.05, 4.69) is 10.3 Å². The Labute approximate surface area is 83.1 Å². The van der Waals surface area contributed by atoms with Gasteiger partial charge in [0.1, 0.15) is 5.82 Å². The van der Waals surface area contributed by atoms with Crippen LogP contribution in [0.3, 0.4) is 0 Å². The van der Waals surface area contributed by atoms with Gasteiger partial charge in [-0.15, -0.1) is 0 Å². The normalized spacial score (nSPS) is 18.5. The zero-order valence-electron chi connectivity index (χ0n) is 7.57. The van der Waals surface area contributed by atoms with Crippen molar-refractivity contribution >= 4 is 17.6 Å². The Kier molecular flexibility index (Phi) is 3.08. The summed E-state index contributed by atoms with van der Waals surface area (Å²) >= 11 is 2.05. The first-order chi connectivity index (χ1) is 6.45. The summed E-state index contributed by atoms with van der Waals surface area (Å²) in [5, 5.41) is 3.46. The zero-order chi connectivity index (χ0) is 8.93. The summed E-state index contributed by atoms with van der Waals surface area (Å²) in [6.07, 6.45) is 4.36. The van der Waals surface area contributed by atoms with Crippen molar-refractivity contribution in [1.29, 1.82) is 0 Å². The first kappa shape index (κ1) is 8.88. The average Bonchev–Trinajstić information content (AvgIpc) is 2.21. The summed E-state index contributed by atoms with van der Waals surface area (Å²) in [5.74, 6) is 3.58. The summed E-state index contributed by atoms with van der Waals surface area (Å²) in [7, 11) is 0. The van der Waals surface area contributed by atoms with Crippen molar-refractivity contribution in [2.75, 3.05) is 16.8 Å². The quantitative estimate of drug-likeness (QED) is 0.782. The molecular formula is C10H14N2S. The minimum atomic E-state index is 0.635. The Morgan fingerprint density at radius 3 is 2.85 bits per heavy atom. The predicted molar refractivity (Wildman–Crippen MR) is 58.2 cm³/mol. The molecule has 1 aliphatic heterocycles. The number of aromatic nitrogens is 1. The number of nitrogens with zero attached hydrogens (tertiary/aromatic N) is 1. The van der Waals surface area contributed by atoms with Gasteiger partial charge in [0.2, 0.25) is 0 Å². The molecule has 3 heteroatoms. The third-order valence-corrected chi connectivity index (χ3v) is 3.29. The van der Waals surface area contributed by atoms with Crippen LogP contribution in [0.1, 0.15) is 12.8 Å². The van der Waals surface area contributed by atoms with E-state index >= 15 is 0 Å². The standard InChI is InChI=1S/C10H14N2S/c1-2-6-11-10(3-1)12-9-4-7-13-8-5-9/h1-3,6,9H,4-5,7-8H2,(H,11,12). The summed E-state index contributed by atoms with van der Waals surface area (Å²) in [4.78, 5) is 4.25. The molecule has 0 aromatic carbocycles. The molecule has 0 spiro atoms. The maximum atomic E-state index is 4.25. The second-order valence-electron chi connectivity index (χ2n) is 3.25. The molecule has 1 aromatic heterocycles. The molecule has 70 valence electrons. The summed E-state index contributed by atoms with van der Waals surface area (Å²) < 4.78 is 0. The first-order valence-corrected chi connectivity index (χ1v) is 5.86. The van der Waals surface area contributed by atoms with Crippen LogP contribution in [0.15, 0.2) is 24.4 Å². The van der Waals surface area contributed by atoms with Crippen LogP contribution >= 0.6 is 11.8 Å². The monoisotopic (exact) mass is 194 g/mol. The first-order valence-electron chi connectivity index (χ1n) is 4.70. The lowest BCUT2D eigenvalue weighted by Crippen LogP contribution is -2.24. The van der Waals surface area contributed by atoms with Crippen LogP contribution in [0.2, 0.25) is 0 Å². The van der Waals surface area contributed by atoms with E-state index in [9.17, 15) is 0 Å². The van der Waals surface area contributed by atoms with Crippen LogP contribution in [-0.4, -0.2) is 22.5 Å². The topological polar surface area (TPSA) is 24.9 Å². The lowest BCUT2D eigenvalue weighted by Gasteiger charge is -2.22. The van der Waals surface area contributed by atoms with Crippen molar-refractivity contribution in [1.82, 2.24) is 4.98 Å². The Morgan fingerprint density at radius 2 is 2.15 bits per heavy atom. The molecule has 0 amide bonds. The van der Waals surface area contributed by atoms with E-state index in [1.165, 1.54) is 24.3 Å². The molecule has 2 nitrogen and oxygen atoms in total. The Morgan fingerprint density at radius 1 is 1.31 bits per heavy atom. The number of nitrogens with one attached hydrogen (secondary N) is 1. The van der Waals surface area contributed by atoms with Gasteiger partial charge in [0.25, 0.3) is 0 Å². The van der Waals surface area contributed by atoms with Gasteiger partial charge in [0.05, 0.1) is 0 Å². The van der Waals surface area contributed by atoms with E-state index in [0.29, 0.717) is 6.04 Å². The van der Waals surface area contributed by atoms with Crippen molar-refractivity contribution in [3.05, 3.63) is 24.4 Å². The van der Waals surface area contributed by atoms with Crippen LogP contribution < -0.4 is 5.32 Å². The van der Waals surface area contributed by atoms with Gasteiger partial charge in [-0.1, -0.05) is 6.07 Å². The van der Waals surface area contributed by atoms with E-state index in [1.807, 2.05) is 36.2 Å². The molecule has 1 N–H and O–H groups in total. The highest BCUT2D eigenvalue weighted by Gasteiger charge is 2.12. The van der Waals surface area contributed by atoms with Gasteiger partial charge in [-0.2, -0.15) is 11.8 Å². The number of hydrogen-bond acceptors (Lipinski definition) is 3. The van der Waals surface area contributed by atoms with E-state index < -0.39 is 0 Å². The average molecular weight is 194 g/mol. The van der Waals surface area contributed by atoms with E-state index in [4.69, 9.17) is 0 Å². The van der Waals surface area contributed by atoms with Crippen LogP contribution in [-0.2, 0) is 0 Å². The van der Waals surface area contributed by atoms with E-state index in [-0.39, 0.29) is 0 Å². The fraction of sp³-hybridized carbons (Fsp3) is 0.500. The predicted octanol–water partition coefficient (Wildman–Crippen LogP) is 2.39. The van der Waals surface area contributed by atoms with Gasteiger partial charge in [-0.25, -0.2) is 4.98 Å². The molecule has 0 bridgehead atoms. The van der Waals surface area contributed by atoms with Crippen molar-refractivity contribution in [2.24, 2.45) is 0 Å². The van der Waals surface area contributed by atoms with E-state index in [0.717, 1.165) is 5.82 Å². The Hall–Kier alpha value is -0.700. The highest BCUT2D eigenvalue weighted by molar-refractivity contribution is 7.99. The number of rotatable bonds is 2. The summed E-state index contributed by atoms with van der Waals surface area (Å²) in [6, 6.07) is 6.63. The molecule has 13 heavy (non-hydrogen) atoms. The molecular weight excluding hydrogens is 180 g/mol. The maximum absolute atomic E-state index is 4.25. The molecule has 2 rings (SSSR count). The van der Waals surface area contributed by atoms with Gasteiger partial charge in [0, 0.05) is 12.2 Å². The number of anilines is 1. The fourth-order valence-electron chi connectivity index (χ4n) is 1.50. The highest BCUT2D eigenvalue weighted by Crippen LogP contribution is 2.19. The van der Waals surface area contributed by atoms with Crippen LogP contribution in [0.4, 0.5) is 5.82 Å². The third-order valence-electron chi connectivity index (χ3n) is 2.24. The number of pyridine rings is 1. The largest absolute Gasteiger partial charge is 0.367 e. The maximum Gasteiger partial charge on any atom is 0.126 e. The van der Waals surface area contributed by atoms with Crippen molar-refractivity contribution in [2.45, 2.75) is 18.9 Å². The molecule has 0 aliphatic carbocycles. The number of thioether (sulfide) groups is 1. The van der Waals surface area contributed by atoms with Gasteiger partial charge in [-0.3, -0.25) is 0 Å². The SMILES string of the molecule is c1ccc(NC2CCSCC2)nc1. The van der Waals surface area contributed by atoms with Crippen LogP contribution in [0.5, 0.6) is 0 Å². The van der Waals surface area contributed by atoms with Crippen molar-refractivity contribution in [3.8, 4) is 0 Å². The minimum Gasteiger partial charge on any atom is -0.367 e. The summed E-state index contributed by atoms with van der Waals surface area (Å²) in [5.41, 5.74) is 0. The van der Waals surface area contributed by atoms with Crippen LogP contribution in [0.25, 0.3) is 0 Å². The summed E-state index contributed by atoms with van der Waals surface area (Å²) in [6.45, 7) is 0. The number of hydrogen-bond donors (Lipinski definition) is 1. The third kappa shape index (κ3) is 2.62. The van der Waals surface area contributed by atoms with Crippen LogP contribution in [0, 0.1) is 0 Å². The lowest BCUT2D eigenvalue weighted by atomic mass is 10.1. The molecule has 0 radical (unpaired) electrons. The fourth-order valence-corrected chi connectivity index (χ4v) is 2.61. The highest BCUT2D eigenvalue weighted by atomic mass is 32.2. The molecule has 0 atom stereocenters. The second kappa shape index (κ2) is 4.51. The molecule has 1 aliphatic rings. The molecule has 2 heterocycles. The Bertz CT molecular complexity index is 244. The van der Waals surface area contributed by atoms with Gasteiger partial charge < -0.3 is 5.32 Å². The molecule has 1 saturated heterocycles. The zero-order valence-corrected chi connectivity index (χ0v) is 8.39. The van der Waals surface area contributed by atoms with Gasteiger partial charge >= 0.3 is 0 Å². The Balaban J connectivity index is 1.90. The van der Waals surface area contributed by atoms with Crippen molar-refractivity contribution < 1.29 is 0 Å². The molecule has 0 saturated carbocycles.